The number of carboxylic acid groups (broad SMARTS) is 1. The Hall–Kier alpha value is -2.41. The van der Waals surface area contributed by atoms with Crippen LogP contribution < -0.4 is 0 Å². The Kier molecular flexibility index (Phi) is 8.16. The van der Waals surface area contributed by atoms with Crippen LogP contribution in [-0.4, -0.2) is 69.6 Å². The third kappa shape index (κ3) is 6.79. The fourth-order valence-electron chi connectivity index (χ4n) is 5.14. The largest absolute Gasteiger partial charge is 0.480 e. The Balaban J connectivity index is 1.72. The quantitative estimate of drug-likeness (QED) is 0.600. The van der Waals surface area contributed by atoms with Crippen LogP contribution in [-0.2, 0) is 25.5 Å². The predicted octanol–water partition coefficient (Wildman–Crippen LogP) is 3.51. The zero-order chi connectivity index (χ0) is 24.2. The Bertz CT molecular complexity index is 835. The molecule has 3 rings (SSSR count). The number of benzene rings is 1. The average Bonchev–Trinajstić information content (AvgIpc) is 3.07. The molecule has 182 valence electrons. The van der Waals surface area contributed by atoms with Crippen LogP contribution in [0.5, 0.6) is 0 Å². The number of hydrogen-bond donors (Lipinski definition) is 1. The van der Waals surface area contributed by atoms with Gasteiger partial charge in [0.15, 0.2) is 0 Å². The van der Waals surface area contributed by atoms with Gasteiger partial charge >= 0.3 is 11.9 Å². The number of esters is 1. The first-order valence-electron chi connectivity index (χ1n) is 12.1. The van der Waals surface area contributed by atoms with Gasteiger partial charge in [0.05, 0.1) is 6.04 Å². The summed E-state index contributed by atoms with van der Waals surface area (Å²) in [7, 11) is 0. The van der Waals surface area contributed by atoms with Gasteiger partial charge in [-0.25, -0.2) is 4.79 Å². The van der Waals surface area contributed by atoms with E-state index >= 15 is 0 Å². The molecule has 0 saturated carbocycles. The van der Waals surface area contributed by atoms with E-state index in [0.29, 0.717) is 12.5 Å². The lowest BCUT2D eigenvalue weighted by Crippen LogP contribution is -2.50. The van der Waals surface area contributed by atoms with Crippen molar-refractivity contribution in [3.05, 3.63) is 35.9 Å². The highest BCUT2D eigenvalue weighted by Crippen LogP contribution is 2.33. The first-order chi connectivity index (χ1) is 15.5. The fraction of sp³-hybridized carbons (Fsp3) is 0.654. The molecule has 2 aliphatic rings. The van der Waals surface area contributed by atoms with Gasteiger partial charge in [-0.05, 0) is 64.4 Å². The predicted molar refractivity (Wildman–Crippen MR) is 126 cm³/mol. The highest BCUT2D eigenvalue weighted by Gasteiger charge is 2.45. The molecule has 7 nitrogen and oxygen atoms in total. The van der Waals surface area contributed by atoms with Gasteiger partial charge in [0.1, 0.15) is 11.6 Å². The van der Waals surface area contributed by atoms with Gasteiger partial charge < -0.3 is 14.7 Å². The van der Waals surface area contributed by atoms with E-state index in [4.69, 9.17) is 4.74 Å². The molecular formula is C26H38N2O5. The van der Waals surface area contributed by atoms with E-state index in [-0.39, 0.29) is 30.8 Å². The van der Waals surface area contributed by atoms with Gasteiger partial charge in [-0.2, -0.15) is 0 Å². The molecule has 0 bridgehead atoms. The molecule has 2 aliphatic heterocycles. The molecule has 2 fully saturated rings. The van der Waals surface area contributed by atoms with E-state index in [0.717, 1.165) is 32.2 Å². The fourth-order valence-corrected chi connectivity index (χ4v) is 5.14. The number of rotatable bonds is 8. The van der Waals surface area contributed by atoms with E-state index in [1.165, 1.54) is 10.5 Å². The molecule has 1 amide bonds. The summed E-state index contributed by atoms with van der Waals surface area (Å²) in [4.78, 5) is 41.7. The van der Waals surface area contributed by atoms with Crippen molar-refractivity contribution in [3.63, 3.8) is 0 Å². The molecule has 0 aromatic heterocycles. The minimum atomic E-state index is -1.06. The molecular weight excluding hydrogens is 420 g/mol. The molecule has 2 saturated heterocycles. The summed E-state index contributed by atoms with van der Waals surface area (Å²) < 4.78 is 5.34. The van der Waals surface area contributed by atoms with Crippen LogP contribution in [0.25, 0.3) is 0 Å². The number of aliphatic carboxylic acids is 1. The van der Waals surface area contributed by atoms with Crippen LogP contribution in [0.2, 0.25) is 0 Å². The smallest absolute Gasteiger partial charge is 0.326 e. The Labute approximate surface area is 197 Å². The summed E-state index contributed by atoms with van der Waals surface area (Å²) in [6.07, 6.45) is 3.38. The third-order valence-electron chi connectivity index (χ3n) is 6.60. The lowest BCUT2D eigenvalue weighted by atomic mass is 10.0. The normalized spacial score (nSPS) is 24.8. The maximum Gasteiger partial charge on any atom is 0.326 e. The van der Waals surface area contributed by atoms with Crippen LogP contribution >= 0.6 is 0 Å². The summed E-state index contributed by atoms with van der Waals surface area (Å²) >= 11 is 0. The number of ether oxygens (including phenoxy) is 1. The molecule has 1 aromatic rings. The van der Waals surface area contributed by atoms with Crippen molar-refractivity contribution in [2.75, 3.05) is 13.1 Å². The van der Waals surface area contributed by atoms with Gasteiger partial charge in [-0.15, -0.1) is 0 Å². The van der Waals surface area contributed by atoms with Crippen molar-refractivity contribution in [1.82, 2.24) is 9.80 Å². The summed E-state index contributed by atoms with van der Waals surface area (Å²) in [5.74, 6) is -1.22. The van der Waals surface area contributed by atoms with E-state index in [1.807, 2.05) is 18.2 Å². The maximum absolute atomic E-state index is 13.5. The van der Waals surface area contributed by atoms with Crippen LogP contribution in [0.4, 0.5) is 0 Å². The standard InChI is InChI=1S/C26H38N2O5/c1-18-16-22-24(30)27(21(25(31)32)12-13-23(29)33-26(2,3)4)15-14-20(28(22)17-18)11-10-19-8-6-5-7-9-19/h5-9,18,20-22H,10-17H2,1-4H3,(H,31,32)/t18-,20?,21-,22+/m1/s1. The summed E-state index contributed by atoms with van der Waals surface area (Å²) in [5, 5.41) is 9.93. The number of hydrogen-bond acceptors (Lipinski definition) is 5. The summed E-state index contributed by atoms with van der Waals surface area (Å²) in [6.45, 7) is 8.75. The van der Waals surface area contributed by atoms with E-state index in [1.54, 1.807) is 20.8 Å². The minimum Gasteiger partial charge on any atom is -0.480 e. The number of carbonyl (C=O) groups is 3. The zero-order valence-electron chi connectivity index (χ0n) is 20.3. The summed E-state index contributed by atoms with van der Waals surface area (Å²) in [6, 6.07) is 9.25. The van der Waals surface area contributed by atoms with Crippen LogP contribution in [0.3, 0.4) is 0 Å². The van der Waals surface area contributed by atoms with Crippen LogP contribution in [0.1, 0.15) is 65.4 Å². The molecule has 0 radical (unpaired) electrons. The monoisotopic (exact) mass is 458 g/mol. The van der Waals surface area contributed by atoms with Crippen molar-refractivity contribution in [2.45, 2.75) is 89.9 Å². The van der Waals surface area contributed by atoms with Gasteiger partial charge in [0, 0.05) is 25.6 Å². The van der Waals surface area contributed by atoms with Gasteiger partial charge in [0.2, 0.25) is 5.91 Å². The second kappa shape index (κ2) is 10.7. The molecule has 4 atom stereocenters. The van der Waals surface area contributed by atoms with Gasteiger partial charge in [-0.3, -0.25) is 14.5 Å². The molecule has 1 unspecified atom stereocenters. The van der Waals surface area contributed by atoms with E-state index < -0.39 is 23.6 Å². The highest BCUT2D eigenvalue weighted by atomic mass is 16.6. The van der Waals surface area contributed by atoms with Gasteiger partial charge in [-0.1, -0.05) is 37.3 Å². The van der Waals surface area contributed by atoms with Crippen LogP contribution in [0, 0.1) is 5.92 Å². The number of amides is 1. The second-order valence-electron chi connectivity index (χ2n) is 10.5. The molecule has 2 heterocycles. The molecule has 33 heavy (non-hydrogen) atoms. The number of nitrogens with zero attached hydrogens (tertiary/aromatic N) is 2. The average molecular weight is 459 g/mol. The molecule has 7 heteroatoms. The second-order valence-corrected chi connectivity index (χ2v) is 10.5. The molecule has 1 aromatic carbocycles. The Morgan fingerprint density at radius 1 is 1.21 bits per heavy atom. The van der Waals surface area contributed by atoms with Crippen molar-refractivity contribution in [1.29, 1.82) is 0 Å². The topological polar surface area (TPSA) is 87.1 Å². The van der Waals surface area contributed by atoms with Crippen molar-refractivity contribution >= 4 is 17.8 Å². The molecule has 0 aliphatic carbocycles. The number of aryl methyl sites for hydroxylation is 1. The molecule has 0 spiro atoms. The SMILES string of the molecule is C[C@@H]1C[C@H]2C(=O)N([C@H](CCC(=O)OC(C)(C)C)C(=O)O)CCC(CCc3ccccc3)N2C1. The van der Waals surface area contributed by atoms with Crippen molar-refractivity contribution < 1.29 is 24.2 Å². The lowest BCUT2D eigenvalue weighted by Gasteiger charge is -2.31. The Morgan fingerprint density at radius 2 is 1.91 bits per heavy atom. The summed E-state index contributed by atoms with van der Waals surface area (Å²) in [5.41, 5.74) is 0.648. The van der Waals surface area contributed by atoms with Gasteiger partial charge in [0.25, 0.3) is 0 Å². The number of fused-ring (bicyclic) bond motifs is 1. The highest BCUT2D eigenvalue weighted by molar-refractivity contribution is 5.88. The maximum atomic E-state index is 13.5. The third-order valence-corrected chi connectivity index (χ3v) is 6.60. The minimum absolute atomic E-state index is 0.0275. The zero-order valence-corrected chi connectivity index (χ0v) is 20.3. The number of carboxylic acids is 1. The van der Waals surface area contributed by atoms with Crippen molar-refractivity contribution in [2.24, 2.45) is 5.92 Å². The lowest BCUT2D eigenvalue weighted by molar-refractivity contribution is -0.157. The first-order valence-corrected chi connectivity index (χ1v) is 12.1. The number of carbonyl (C=O) groups excluding carboxylic acids is 2. The first kappa shape index (κ1) is 25.2. The van der Waals surface area contributed by atoms with Crippen LogP contribution in [0.15, 0.2) is 30.3 Å². The molecule has 1 N–H and O–H groups in total. The van der Waals surface area contributed by atoms with E-state index in [2.05, 4.69) is 24.0 Å². The van der Waals surface area contributed by atoms with Crippen molar-refractivity contribution in [3.8, 4) is 0 Å². The Morgan fingerprint density at radius 3 is 2.55 bits per heavy atom. The van der Waals surface area contributed by atoms with E-state index in [9.17, 15) is 19.5 Å².